The Bertz CT molecular complexity index is 1110. The number of nitrogens with one attached hydrogen (secondary N) is 1. The molecule has 7 nitrogen and oxygen atoms in total. The first-order chi connectivity index (χ1) is 16.1. The molecular weight excluding hydrogens is 416 g/mol. The van der Waals surface area contributed by atoms with Gasteiger partial charge in [0.25, 0.3) is 5.91 Å². The lowest BCUT2D eigenvalue weighted by Gasteiger charge is -2.28. The van der Waals surface area contributed by atoms with E-state index in [-0.39, 0.29) is 24.8 Å². The van der Waals surface area contributed by atoms with Gasteiger partial charge in [0.05, 0.1) is 12.1 Å². The van der Waals surface area contributed by atoms with Crippen LogP contribution in [-0.4, -0.2) is 47.9 Å². The number of amides is 1. The normalized spacial score (nSPS) is 13.4. The lowest BCUT2D eigenvalue weighted by Crippen LogP contribution is -2.31. The van der Waals surface area contributed by atoms with Crippen molar-refractivity contribution in [2.45, 2.75) is 26.2 Å². The molecule has 1 N–H and O–H groups in total. The van der Waals surface area contributed by atoms with Crippen molar-refractivity contribution in [1.29, 1.82) is 0 Å². The third-order valence-electron chi connectivity index (χ3n) is 5.57. The topological polar surface area (TPSA) is 84.4 Å². The number of aryl methyl sites for hydroxylation is 1. The number of piperidine rings is 1. The molecule has 0 saturated carbocycles. The van der Waals surface area contributed by atoms with Gasteiger partial charge in [-0.2, -0.15) is 4.98 Å². The molecule has 2 aromatic carbocycles. The number of carbonyl (C=O) groups is 2. The molecule has 0 aliphatic carbocycles. The average molecular weight is 445 g/mol. The molecule has 3 aromatic rings. The maximum Gasteiger partial charge on any atom is 0.252 e. The molecule has 0 atom stereocenters. The zero-order chi connectivity index (χ0) is 23.0. The van der Waals surface area contributed by atoms with Crippen molar-refractivity contribution in [3.63, 3.8) is 0 Å². The third kappa shape index (κ3) is 5.74. The summed E-state index contributed by atoms with van der Waals surface area (Å²) in [5.41, 5.74) is 1.26. The summed E-state index contributed by atoms with van der Waals surface area (Å²) >= 11 is 0. The van der Waals surface area contributed by atoms with E-state index in [0.29, 0.717) is 28.4 Å². The fourth-order valence-electron chi connectivity index (χ4n) is 3.92. The Morgan fingerprint density at radius 2 is 1.64 bits per heavy atom. The number of ketones is 1. The second-order valence-electron chi connectivity index (χ2n) is 8.00. The standard InChI is InChI=1S/C26H28N4O3/c1-19-28-23(30-15-8-3-9-16-30)18-24(29-19)33-17-14-27-26(32)22-13-7-6-12-21(22)25(31)20-10-4-2-5-11-20/h2,4-7,10-13,18H,3,8-9,14-17H2,1H3,(H,27,32). The summed E-state index contributed by atoms with van der Waals surface area (Å²) in [5, 5.41) is 2.84. The number of nitrogens with zero attached hydrogens (tertiary/aromatic N) is 3. The van der Waals surface area contributed by atoms with Crippen LogP contribution in [0.4, 0.5) is 5.82 Å². The van der Waals surface area contributed by atoms with Gasteiger partial charge in [0.2, 0.25) is 5.88 Å². The second kappa shape index (κ2) is 10.7. The average Bonchev–Trinajstić information content (AvgIpc) is 2.87. The molecule has 0 bridgehead atoms. The SMILES string of the molecule is Cc1nc(OCCNC(=O)c2ccccc2C(=O)c2ccccc2)cc(N2CCCCC2)n1. The van der Waals surface area contributed by atoms with Crippen molar-refractivity contribution in [3.8, 4) is 5.88 Å². The first kappa shape index (κ1) is 22.5. The number of hydrogen-bond donors (Lipinski definition) is 1. The molecule has 7 heteroatoms. The summed E-state index contributed by atoms with van der Waals surface area (Å²) in [6, 6.07) is 17.6. The first-order valence-electron chi connectivity index (χ1n) is 11.3. The smallest absolute Gasteiger partial charge is 0.252 e. The zero-order valence-electron chi connectivity index (χ0n) is 18.8. The minimum absolute atomic E-state index is 0.181. The van der Waals surface area contributed by atoms with Gasteiger partial charge in [0.1, 0.15) is 18.2 Å². The Hall–Kier alpha value is -3.74. The Balaban J connectivity index is 1.35. The molecule has 1 aliphatic rings. The Morgan fingerprint density at radius 1 is 0.939 bits per heavy atom. The van der Waals surface area contributed by atoms with E-state index < -0.39 is 0 Å². The Morgan fingerprint density at radius 3 is 2.39 bits per heavy atom. The summed E-state index contributed by atoms with van der Waals surface area (Å²) in [6.45, 7) is 4.38. The number of rotatable bonds is 8. The van der Waals surface area contributed by atoms with Crippen LogP contribution < -0.4 is 15.0 Å². The van der Waals surface area contributed by atoms with Gasteiger partial charge in [-0.15, -0.1) is 0 Å². The van der Waals surface area contributed by atoms with E-state index in [2.05, 4.69) is 20.2 Å². The minimum Gasteiger partial charge on any atom is -0.476 e. The molecule has 170 valence electrons. The maximum atomic E-state index is 12.9. The highest BCUT2D eigenvalue weighted by Gasteiger charge is 2.18. The van der Waals surface area contributed by atoms with Gasteiger partial charge in [0, 0.05) is 30.3 Å². The first-order valence-corrected chi connectivity index (χ1v) is 11.3. The van der Waals surface area contributed by atoms with Crippen LogP contribution in [0.25, 0.3) is 0 Å². The summed E-state index contributed by atoms with van der Waals surface area (Å²) in [5.74, 6) is 1.54. The molecular formula is C26H28N4O3. The fraction of sp³-hybridized carbons (Fsp3) is 0.308. The van der Waals surface area contributed by atoms with Crippen LogP contribution in [-0.2, 0) is 0 Å². The largest absolute Gasteiger partial charge is 0.476 e. The highest BCUT2D eigenvalue weighted by Crippen LogP contribution is 2.21. The van der Waals surface area contributed by atoms with Crippen LogP contribution in [0, 0.1) is 6.92 Å². The maximum absolute atomic E-state index is 12.9. The lowest BCUT2D eigenvalue weighted by molar-refractivity contribution is 0.0936. The summed E-state index contributed by atoms with van der Waals surface area (Å²) in [4.78, 5) is 36.8. The van der Waals surface area contributed by atoms with Gasteiger partial charge in [-0.1, -0.05) is 48.5 Å². The van der Waals surface area contributed by atoms with Crippen molar-refractivity contribution in [1.82, 2.24) is 15.3 Å². The molecule has 2 heterocycles. The highest BCUT2D eigenvalue weighted by atomic mass is 16.5. The number of carbonyl (C=O) groups excluding carboxylic acids is 2. The molecule has 1 aromatic heterocycles. The van der Waals surface area contributed by atoms with Gasteiger partial charge in [-0.25, -0.2) is 4.98 Å². The second-order valence-corrected chi connectivity index (χ2v) is 8.00. The minimum atomic E-state index is -0.314. The molecule has 1 amide bonds. The highest BCUT2D eigenvalue weighted by molar-refractivity contribution is 6.15. The van der Waals surface area contributed by atoms with Crippen LogP contribution in [0.2, 0.25) is 0 Å². The van der Waals surface area contributed by atoms with E-state index in [0.717, 1.165) is 18.9 Å². The van der Waals surface area contributed by atoms with E-state index in [1.165, 1.54) is 19.3 Å². The quantitative estimate of drug-likeness (QED) is 0.420. The molecule has 33 heavy (non-hydrogen) atoms. The number of benzene rings is 2. The van der Waals surface area contributed by atoms with Crippen molar-refractivity contribution < 1.29 is 14.3 Å². The molecule has 1 saturated heterocycles. The van der Waals surface area contributed by atoms with E-state index in [4.69, 9.17) is 4.74 Å². The Kier molecular flexibility index (Phi) is 7.29. The molecule has 1 aliphatic heterocycles. The molecule has 0 unspecified atom stereocenters. The zero-order valence-corrected chi connectivity index (χ0v) is 18.8. The van der Waals surface area contributed by atoms with Crippen LogP contribution in [0.1, 0.15) is 51.4 Å². The van der Waals surface area contributed by atoms with Crippen molar-refractivity contribution in [2.75, 3.05) is 31.1 Å². The number of hydrogen-bond acceptors (Lipinski definition) is 6. The molecule has 4 rings (SSSR count). The van der Waals surface area contributed by atoms with Crippen molar-refractivity contribution >= 4 is 17.5 Å². The van der Waals surface area contributed by atoms with E-state index in [9.17, 15) is 9.59 Å². The van der Waals surface area contributed by atoms with Gasteiger partial charge < -0.3 is 15.0 Å². The van der Waals surface area contributed by atoms with E-state index in [1.807, 2.05) is 19.1 Å². The van der Waals surface area contributed by atoms with Crippen LogP contribution >= 0.6 is 0 Å². The Labute approximate surface area is 193 Å². The lowest BCUT2D eigenvalue weighted by atomic mass is 9.98. The van der Waals surface area contributed by atoms with Crippen LogP contribution in [0.15, 0.2) is 60.7 Å². The van der Waals surface area contributed by atoms with E-state index >= 15 is 0 Å². The van der Waals surface area contributed by atoms with Gasteiger partial charge >= 0.3 is 0 Å². The summed E-state index contributed by atoms with van der Waals surface area (Å²) in [7, 11) is 0. The monoisotopic (exact) mass is 444 g/mol. The molecule has 0 spiro atoms. The van der Waals surface area contributed by atoms with Crippen molar-refractivity contribution in [2.24, 2.45) is 0 Å². The predicted molar refractivity (Wildman–Crippen MR) is 127 cm³/mol. The fourth-order valence-corrected chi connectivity index (χ4v) is 3.92. The third-order valence-corrected chi connectivity index (χ3v) is 5.57. The number of anilines is 1. The predicted octanol–water partition coefficient (Wildman–Crippen LogP) is 3.82. The summed E-state index contributed by atoms with van der Waals surface area (Å²) < 4.78 is 5.79. The van der Waals surface area contributed by atoms with Crippen LogP contribution in [0.5, 0.6) is 5.88 Å². The van der Waals surface area contributed by atoms with Crippen molar-refractivity contribution in [3.05, 3.63) is 83.2 Å². The number of ether oxygens (including phenoxy) is 1. The van der Waals surface area contributed by atoms with Gasteiger partial charge in [-0.3, -0.25) is 9.59 Å². The van der Waals surface area contributed by atoms with Gasteiger partial charge in [0.15, 0.2) is 5.78 Å². The summed E-state index contributed by atoms with van der Waals surface area (Å²) in [6.07, 6.45) is 3.59. The molecule has 0 radical (unpaired) electrons. The number of aromatic nitrogens is 2. The van der Waals surface area contributed by atoms with E-state index in [1.54, 1.807) is 48.5 Å². The van der Waals surface area contributed by atoms with Gasteiger partial charge in [-0.05, 0) is 32.3 Å². The molecule has 1 fully saturated rings. The van der Waals surface area contributed by atoms with Crippen LogP contribution in [0.3, 0.4) is 0 Å².